The van der Waals surface area contributed by atoms with Crippen molar-refractivity contribution in [2.24, 2.45) is 0 Å². The fraction of sp³-hybridized carbons (Fsp3) is 0.118. The predicted molar refractivity (Wildman–Crippen MR) is 83.9 cm³/mol. The summed E-state index contributed by atoms with van der Waals surface area (Å²) in [5.74, 6) is 0.601. The van der Waals surface area contributed by atoms with Gasteiger partial charge in [-0.25, -0.2) is 0 Å². The first-order valence-corrected chi connectivity index (χ1v) is 6.85. The van der Waals surface area contributed by atoms with Crippen LogP contribution in [0.3, 0.4) is 0 Å². The number of hydrogen-bond donors (Lipinski definition) is 2. The van der Waals surface area contributed by atoms with E-state index < -0.39 is 0 Å². The van der Waals surface area contributed by atoms with Crippen LogP contribution in [0.1, 0.15) is 18.1 Å². The molecule has 2 aromatic rings. The summed E-state index contributed by atoms with van der Waals surface area (Å²) in [6, 6.07) is 13.2. The SMILES string of the molecule is CCc1ccc(/C=C2/Oc3ccc(N)cc3NC2=O)cc1. The van der Waals surface area contributed by atoms with Gasteiger partial charge in [-0.3, -0.25) is 4.79 Å². The van der Waals surface area contributed by atoms with Gasteiger partial charge in [0.15, 0.2) is 11.5 Å². The van der Waals surface area contributed by atoms with Crippen LogP contribution in [0.15, 0.2) is 48.2 Å². The number of anilines is 2. The zero-order chi connectivity index (χ0) is 14.8. The van der Waals surface area contributed by atoms with E-state index >= 15 is 0 Å². The number of amides is 1. The Kier molecular flexibility index (Phi) is 3.36. The molecule has 0 saturated heterocycles. The Hall–Kier alpha value is -2.75. The van der Waals surface area contributed by atoms with Crippen molar-refractivity contribution in [3.63, 3.8) is 0 Å². The number of aryl methyl sites for hydroxylation is 1. The Labute approximate surface area is 123 Å². The number of nitrogen functional groups attached to an aromatic ring is 1. The van der Waals surface area contributed by atoms with Gasteiger partial charge in [-0.05, 0) is 41.8 Å². The van der Waals surface area contributed by atoms with Crippen molar-refractivity contribution in [1.29, 1.82) is 0 Å². The van der Waals surface area contributed by atoms with E-state index in [0.29, 0.717) is 17.1 Å². The number of benzene rings is 2. The lowest BCUT2D eigenvalue weighted by Gasteiger charge is -2.20. The maximum Gasteiger partial charge on any atom is 0.291 e. The molecule has 0 aliphatic carbocycles. The minimum absolute atomic E-state index is 0.271. The van der Waals surface area contributed by atoms with Gasteiger partial charge in [0.05, 0.1) is 5.69 Å². The fourth-order valence-corrected chi connectivity index (χ4v) is 2.18. The summed E-state index contributed by atoms with van der Waals surface area (Å²) in [5, 5.41) is 2.78. The Morgan fingerprint density at radius 3 is 2.67 bits per heavy atom. The lowest BCUT2D eigenvalue weighted by atomic mass is 10.1. The number of fused-ring (bicyclic) bond motifs is 1. The zero-order valence-corrected chi connectivity index (χ0v) is 11.7. The number of hydrogen-bond acceptors (Lipinski definition) is 3. The third-order valence-corrected chi connectivity index (χ3v) is 3.38. The van der Waals surface area contributed by atoms with Crippen molar-refractivity contribution in [2.75, 3.05) is 11.1 Å². The Morgan fingerprint density at radius 2 is 1.95 bits per heavy atom. The third-order valence-electron chi connectivity index (χ3n) is 3.38. The van der Waals surface area contributed by atoms with E-state index in [9.17, 15) is 4.79 Å². The van der Waals surface area contributed by atoms with Gasteiger partial charge in [-0.2, -0.15) is 0 Å². The van der Waals surface area contributed by atoms with Crippen LogP contribution >= 0.6 is 0 Å². The van der Waals surface area contributed by atoms with E-state index in [-0.39, 0.29) is 11.7 Å². The highest BCUT2D eigenvalue weighted by Crippen LogP contribution is 2.32. The smallest absolute Gasteiger partial charge is 0.291 e. The van der Waals surface area contributed by atoms with Gasteiger partial charge in [0.1, 0.15) is 0 Å². The van der Waals surface area contributed by atoms with Crippen molar-refractivity contribution < 1.29 is 9.53 Å². The summed E-state index contributed by atoms with van der Waals surface area (Å²) in [5.41, 5.74) is 9.05. The highest BCUT2D eigenvalue weighted by Gasteiger charge is 2.21. The van der Waals surface area contributed by atoms with E-state index in [0.717, 1.165) is 12.0 Å². The summed E-state index contributed by atoms with van der Waals surface area (Å²) in [7, 11) is 0. The molecule has 21 heavy (non-hydrogen) atoms. The lowest BCUT2D eigenvalue weighted by molar-refractivity contribution is -0.115. The first-order valence-electron chi connectivity index (χ1n) is 6.85. The molecule has 0 radical (unpaired) electrons. The fourth-order valence-electron chi connectivity index (χ4n) is 2.18. The molecule has 0 saturated carbocycles. The second kappa shape index (κ2) is 5.32. The number of ether oxygens (including phenoxy) is 1. The van der Waals surface area contributed by atoms with Crippen LogP contribution in [-0.4, -0.2) is 5.91 Å². The molecule has 106 valence electrons. The van der Waals surface area contributed by atoms with Gasteiger partial charge in [0.25, 0.3) is 5.91 Å². The van der Waals surface area contributed by atoms with Crippen LogP contribution in [0.2, 0.25) is 0 Å². The quantitative estimate of drug-likeness (QED) is 0.656. The van der Waals surface area contributed by atoms with Gasteiger partial charge < -0.3 is 15.8 Å². The topological polar surface area (TPSA) is 64.3 Å². The third kappa shape index (κ3) is 2.74. The molecule has 1 aliphatic rings. The van der Waals surface area contributed by atoms with Crippen LogP contribution in [0.25, 0.3) is 6.08 Å². The van der Waals surface area contributed by atoms with Gasteiger partial charge in [0, 0.05) is 5.69 Å². The number of rotatable bonds is 2. The van der Waals surface area contributed by atoms with Crippen LogP contribution < -0.4 is 15.8 Å². The normalized spacial score (nSPS) is 15.3. The van der Waals surface area contributed by atoms with E-state index in [4.69, 9.17) is 10.5 Å². The first-order chi connectivity index (χ1) is 10.2. The number of nitrogens with one attached hydrogen (secondary N) is 1. The molecule has 0 unspecified atom stereocenters. The molecule has 1 amide bonds. The van der Waals surface area contributed by atoms with Crippen LogP contribution in [0.4, 0.5) is 11.4 Å². The highest BCUT2D eigenvalue weighted by atomic mass is 16.5. The van der Waals surface area contributed by atoms with Crippen molar-refractivity contribution in [3.8, 4) is 5.75 Å². The average Bonchev–Trinajstić information content (AvgIpc) is 2.49. The zero-order valence-electron chi connectivity index (χ0n) is 11.7. The Morgan fingerprint density at radius 1 is 1.19 bits per heavy atom. The second-order valence-electron chi connectivity index (χ2n) is 4.92. The monoisotopic (exact) mass is 280 g/mol. The van der Waals surface area contributed by atoms with Crippen LogP contribution in [0, 0.1) is 0 Å². The molecule has 1 heterocycles. The highest BCUT2D eigenvalue weighted by molar-refractivity contribution is 6.08. The summed E-state index contributed by atoms with van der Waals surface area (Å²) in [6.07, 6.45) is 2.72. The van der Waals surface area contributed by atoms with E-state index in [2.05, 4.69) is 12.2 Å². The summed E-state index contributed by atoms with van der Waals surface area (Å²) in [4.78, 5) is 12.1. The molecule has 4 nitrogen and oxygen atoms in total. The van der Waals surface area contributed by atoms with E-state index in [1.807, 2.05) is 24.3 Å². The minimum atomic E-state index is -0.271. The maximum absolute atomic E-state index is 12.1. The largest absolute Gasteiger partial charge is 0.449 e. The standard InChI is InChI=1S/C17H16N2O2/c1-2-11-3-5-12(6-4-11)9-16-17(20)19-14-10-13(18)7-8-15(14)21-16/h3-10H,2,18H2,1H3,(H,19,20)/b16-9+. The number of carbonyl (C=O) groups excluding carboxylic acids is 1. The van der Waals surface area contributed by atoms with E-state index in [1.165, 1.54) is 5.56 Å². The minimum Gasteiger partial charge on any atom is -0.449 e. The predicted octanol–water partition coefficient (Wildman–Crippen LogP) is 3.20. The van der Waals surface area contributed by atoms with Crippen molar-refractivity contribution >= 4 is 23.4 Å². The van der Waals surface area contributed by atoms with Gasteiger partial charge in [0.2, 0.25) is 0 Å². The Bertz CT molecular complexity index is 718. The number of nitrogens with two attached hydrogens (primary N) is 1. The summed E-state index contributed by atoms with van der Waals surface area (Å²) < 4.78 is 5.65. The molecule has 0 atom stereocenters. The van der Waals surface area contributed by atoms with Crippen LogP contribution in [0.5, 0.6) is 5.75 Å². The number of carbonyl (C=O) groups is 1. The summed E-state index contributed by atoms with van der Waals surface area (Å²) in [6.45, 7) is 2.10. The van der Waals surface area contributed by atoms with Crippen molar-refractivity contribution in [1.82, 2.24) is 0 Å². The average molecular weight is 280 g/mol. The van der Waals surface area contributed by atoms with Gasteiger partial charge >= 0.3 is 0 Å². The lowest BCUT2D eigenvalue weighted by Crippen LogP contribution is -2.23. The first kappa shape index (κ1) is 13.2. The van der Waals surface area contributed by atoms with Gasteiger partial charge in [-0.15, -0.1) is 0 Å². The molecule has 4 heteroatoms. The molecule has 3 rings (SSSR count). The Balaban J connectivity index is 1.90. The molecule has 0 fully saturated rings. The van der Waals surface area contributed by atoms with Crippen LogP contribution in [-0.2, 0) is 11.2 Å². The van der Waals surface area contributed by atoms with Crippen molar-refractivity contribution in [2.45, 2.75) is 13.3 Å². The molecule has 0 spiro atoms. The van der Waals surface area contributed by atoms with Gasteiger partial charge in [-0.1, -0.05) is 31.2 Å². The molecule has 0 bridgehead atoms. The second-order valence-corrected chi connectivity index (χ2v) is 4.92. The molecular formula is C17H16N2O2. The molecule has 3 N–H and O–H groups in total. The molecule has 1 aliphatic heterocycles. The molecule has 2 aromatic carbocycles. The molecule has 0 aromatic heterocycles. The molecular weight excluding hydrogens is 264 g/mol. The summed E-state index contributed by atoms with van der Waals surface area (Å²) >= 11 is 0. The van der Waals surface area contributed by atoms with Crippen molar-refractivity contribution in [3.05, 3.63) is 59.4 Å². The maximum atomic E-state index is 12.1. The van der Waals surface area contributed by atoms with E-state index in [1.54, 1.807) is 24.3 Å².